The lowest BCUT2D eigenvalue weighted by Gasteiger charge is -2.09. The van der Waals surface area contributed by atoms with Gasteiger partial charge in [-0.25, -0.2) is 0 Å². The molecule has 0 saturated carbocycles. The van der Waals surface area contributed by atoms with Gasteiger partial charge in [0.2, 0.25) is 0 Å². The Morgan fingerprint density at radius 3 is 2.62 bits per heavy atom. The first-order valence-corrected chi connectivity index (χ1v) is 7.15. The molecule has 0 aromatic heterocycles. The van der Waals surface area contributed by atoms with Crippen molar-refractivity contribution in [3.05, 3.63) is 63.7 Å². The van der Waals surface area contributed by atoms with Crippen LogP contribution in [0.25, 0.3) is 0 Å². The molecule has 0 aliphatic heterocycles. The number of hydrogen-bond acceptors (Lipinski definition) is 5. The molecule has 24 heavy (non-hydrogen) atoms. The van der Waals surface area contributed by atoms with Gasteiger partial charge < -0.3 is 10.1 Å². The molecule has 0 unspecified atom stereocenters. The van der Waals surface area contributed by atoms with Crippen LogP contribution in [0.4, 0.5) is 11.4 Å². The van der Waals surface area contributed by atoms with Gasteiger partial charge in [-0.2, -0.15) is 0 Å². The fraction of sp³-hybridized carbons (Fsp3) is 0.176. The Balaban J connectivity index is 2.03. The fourth-order valence-electron chi connectivity index (χ4n) is 2.05. The lowest BCUT2D eigenvalue weighted by atomic mass is 10.1. The fourth-order valence-corrected chi connectivity index (χ4v) is 2.05. The zero-order chi connectivity index (χ0) is 17.7. The minimum absolute atomic E-state index is 0.0261. The monoisotopic (exact) mass is 328 g/mol. The van der Waals surface area contributed by atoms with Gasteiger partial charge in [-0.3, -0.25) is 19.7 Å². The molecule has 7 heteroatoms. The van der Waals surface area contributed by atoms with E-state index < -0.39 is 10.8 Å². The lowest BCUT2D eigenvalue weighted by molar-refractivity contribution is -0.385. The third-order valence-electron chi connectivity index (χ3n) is 3.22. The number of carbonyl (C=O) groups excluding carboxylic acids is 2. The smallest absolute Gasteiger partial charge is 0.311 e. The third kappa shape index (κ3) is 4.39. The summed E-state index contributed by atoms with van der Waals surface area (Å²) >= 11 is 0. The molecule has 1 N–H and O–H groups in total. The molecular weight excluding hydrogens is 312 g/mol. The molecule has 0 spiro atoms. The lowest BCUT2D eigenvalue weighted by Crippen LogP contribution is -2.20. The summed E-state index contributed by atoms with van der Waals surface area (Å²) in [4.78, 5) is 33.7. The molecule has 0 bridgehead atoms. The van der Waals surface area contributed by atoms with E-state index in [1.165, 1.54) is 19.1 Å². The number of nitro benzene ring substituents is 1. The second-order valence-electron chi connectivity index (χ2n) is 5.20. The van der Waals surface area contributed by atoms with Crippen LogP contribution in [0.2, 0.25) is 0 Å². The number of aryl methyl sites for hydroxylation is 1. The van der Waals surface area contributed by atoms with Crippen molar-refractivity contribution >= 4 is 23.1 Å². The van der Waals surface area contributed by atoms with E-state index in [-0.39, 0.29) is 23.8 Å². The second-order valence-corrected chi connectivity index (χ2v) is 5.20. The molecule has 0 heterocycles. The van der Waals surface area contributed by atoms with Crippen LogP contribution < -0.4 is 10.1 Å². The third-order valence-corrected chi connectivity index (χ3v) is 3.22. The summed E-state index contributed by atoms with van der Waals surface area (Å²) in [5, 5.41) is 13.6. The van der Waals surface area contributed by atoms with Crippen LogP contribution in [0.3, 0.4) is 0 Å². The van der Waals surface area contributed by atoms with Gasteiger partial charge in [0, 0.05) is 17.3 Å². The molecule has 0 atom stereocenters. The summed E-state index contributed by atoms with van der Waals surface area (Å²) in [5.41, 5.74) is 1.46. The van der Waals surface area contributed by atoms with E-state index in [1.54, 1.807) is 37.3 Å². The highest BCUT2D eigenvalue weighted by atomic mass is 16.6. The first-order valence-electron chi connectivity index (χ1n) is 7.15. The summed E-state index contributed by atoms with van der Waals surface area (Å²) in [7, 11) is 0. The molecule has 2 rings (SSSR count). The summed E-state index contributed by atoms with van der Waals surface area (Å²) in [6.07, 6.45) is 0. The van der Waals surface area contributed by atoms with Crippen LogP contribution in [0, 0.1) is 17.0 Å². The van der Waals surface area contributed by atoms with E-state index in [1.807, 2.05) is 0 Å². The van der Waals surface area contributed by atoms with Crippen molar-refractivity contribution in [2.75, 3.05) is 11.9 Å². The number of amides is 1. The van der Waals surface area contributed by atoms with Crippen LogP contribution in [0.5, 0.6) is 5.75 Å². The second kappa shape index (κ2) is 7.36. The van der Waals surface area contributed by atoms with Gasteiger partial charge in [-0.15, -0.1) is 0 Å². The Labute approximate surface area is 138 Å². The van der Waals surface area contributed by atoms with Crippen molar-refractivity contribution in [2.24, 2.45) is 0 Å². The van der Waals surface area contributed by atoms with Gasteiger partial charge in [0.1, 0.15) is 0 Å². The molecule has 0 aliphatic carbocycles. The predicted octanol–water partition coefficient (Wildman–Crippen LogP) is 3.12. The molecule has 0 radical (unpaired) electrons. The zero-order valence-electron chi connectivity index (χ0n) is 13.2. The van der Waals surface area contributed by atoms with Gasteiger partial charge in [-0.05, 0) is 37.6 Å². The maximum Gasteiger partial charge on any atom is 0.311 e. The summed E-state index contributed by atoms with van der Waals surface area (Å²) in [6.45, 7) is 2.78. The normalized spacial score (nSPS) is 10.1. The number of nitrogens with one attached hydrogen (secondary N) is 1. The van der Waals surface area contributed by atoms with Gasteiger partial charge in [0.15, 0.2) is 18.1 Å². The zero-order valence-corrected chi connectivity index (χ0v) is 13.2. The van der Waals surface area contributed by atoms with E-state index in [9.17, 15) is 19.7 Å². The Bertz CT molecular complexity index is 801. The van der Waals surface area contributed by atoms with E-state index in [0.29, 0.717) is 11.3 Å². The Hall–Kier alpha value is -3.22. The molecule has 0 aliphatic rings. The maximum absolute atomic E-state index is 11.9. The highest BCUT2D eigenvalue weighted by Gasteiger charge is 2.16. The van der Waals surface area contributed by atoms with Gasteiger partial charge in [-0.1, -0.05) is 18.2 Å². The van der Waals surface area contributed by atoms with E-state index in [0.717, 1.165) is 5.56 Å². The van der Waals surface area contributed by atoms with Crippen LogP contribution in [0.1, 0.15) is 22.8 Å². The number of hydrogen-bond donors (Lipinski definition) is 1. The minimum Gasteiger partial charge on any atom is -0.477 e. The van der Waals surface area contributed by atoms with Crippen molar-refractivity contribution in [1.29, 1.82) is 0 Å². The number of nitrogens with zero attached hydrogens (tertiary/aromatic N) is 1. The molecule has 124 valence electrons. The molecule has 0 fully saturated rings. The van der Waals surface area contributed by atoms with E-state index >= 15 is 0 Å². The number of nitro groups is 1. The number of ketones is 1. The van der Waals surface area contributed by atoms with E-state index in [2.05, 4.69) is 5.32 Å². The van der Waals surface area contributed by atoms with Gasteiger partial charge >= 0.3 is 5.69 Å². The van der Waals surface area contributed by atoms with Crippen molar-refractivity contribution < 1.29 is 19.2 Å². The van der Waals surface area contributed by atoms with Crippen LogP contribution in [0.15, 0.2) is 42.5 Å². The highest BCUT2D eigenvalue weighted by Crippen LogP contribution is 2.27. The summed E-state index contributed by atoms with van der Waals surface area (Å²) < 4.78 is 5.24. The Kier molecular flexibility index (Phi) is 5.26. The molecule has 1 amide bonds. The largest absolute Gasteiger partial charge is 0.477 e. The van der Waals surface area contributed by atoms with Gasteiger partial charge in [0.25, 0.3) is 5.91 Å². The van der Waals surface area contributed by atoms with E-state index in [4.69, 9.17) is 4.74 Å². The highest BCUT2D eigenvalue weighted by molar-refractivity contribution is 5.97. The number of ether oxygens (including phenoxy) is 1. The number of anilines is 1. The van der Waals surface area contributed by atoms with Crippen LogP contribution >= 0.6 is 0 Å². The average molecular weight is 328 g/mol. The number of rotatable bonds is 6. The Morgan fingerprint density at radius 2 is 1.96 bits per heavy atom. The molecule has 0 saturated heterocycles. The minimum atomic E-state index is -0.559. The van der Waals surface area contributed by atoms with Crippen molar-refractivity contribution in [3.63, 3.8) is 0 Å². The average Bonchev–Trinajstić information content (AvgIpc) is 2.53. The standard InChI is InChI=1S/C17H16N2O5/c1-11-6-7-16(15(8-11)19(22)23)24-10-17(21)18-14-5-3-4-13(9-14)12(2)20/h3-9H,10H2,1-2H3,(H,18,21). The van der Waals surface area contributed by atoms with Crippen molar-refractivity contribution in [3.8, 4) is 5.75 Å². The van der Waals surface area contributed by atoms with Crippen molar-refractivity contribution in [1.82, 2.24) is 0 Å². The topological polar surface area (TPSA) is 98.5 Å². The van der Waals surface area contributed by atoms with Crippen LogP contribution in [-0.2, 0) is 4.79 Å². The molecule has 2 aromatic rings. The maximum atomic E-state index is 11.9. The van der Waals surface area contributed by atoms with Gasteiger partial charge in [0.05, 0.1) is 4.92 Å². The SMILES string of the molecule is CC(=O)c1cccc(NC(=O)COc2ccc(C)cc2[N+](=O)[O-])c1. The summed E-state index contributed by atoms with van der Waals surface area (Å²) in [6, 6.07) is 11.0. The first-order chi connectivity index (χ1) is 11.4. The molecular formula is C17H16N2O5. The Morgan fingerprint density at radius 1 is 1.21 bits per heavy atom. The first kappa shape index (κ1) is 17.1. The summed E-state index contributed by atoms with van der Waals surface area (Å²) in [5.74, 6) is -0.568. The number of carbonyl (C=O) groups is 2. The van der Waals surface area contributed by atoms with Crippen molar-refractivity contribution in [2.45, 2.75) is 13.8 Å². The predicted molar refractivity (Wildman–Crippen MR) is 88.4 cm³/mol. The van der Waals surface area contributed by atoms with Crippen LogP contribution in [-0.4, -0.2) is 23.2 Å². The number of benzene rings is 2. The molecule has 7 nitrogen and oxygen atoms in total. The number of Topliss-reactive ketones (excluding diaryl/α,β-unsaturated/α-hetero) is 1. The molecule has 2 aromatic carbocycles. The quantitative estimate of drug-likeness (QED) is 0.499.